The van der Waals surface area contributed by atoms with E-state index in [1.165, 1.54) is 0 Å². The van der Waals surface area contributed by atoms with Gasteiger partial charge in [-0.15, -0.1) is 0 Å². The van der Waals surface area contributed by atoms with Gasteiger partial charge in [0.2, 0.25) is 0 Å². The van der Waals surface area contributed by atoms with Gasteiger partial charge in [-0.1, -0.05) is 72.9 Å². The molecule has 0 bridgehead atoms. The summed E-state index contributed by atoms with van der Waals surface area (Å²) in [7, 11) is 0. The predicted octanol–water partition coefficient (Wildman–Crippen LogP) is 7.82. The fraction of sp³-hybridized carbons (Fsp3) is 0.176. The molecule has 7 nitrogen and oxygen atoms in total. The minimum Gasteiger partial charge on any atom is -0.492 e. The molecule has 3 aromatic carbocycles. The van der Waals surface area contributed by atoms with Crippen molar-refractivity contribution in [2.45, 2.75) is 33.2 Å². The van der Waals surface area contributed by atoms with E-state index in [4.69, 9.17) is 33.0 Å². The Morgan fingerprint density at radius 1 is 0.977 bits per heavy atom. The lowest BCUT2D eigenvalue weighted by Gasteiger charge is -2.27. The van der Waals surface area contributed by atoms with Gasteiger partial charge < -0.3 is 4.74 Å². The number of ether oxygens (including phenoxy) is 1. The van der Waals surface area contributed by atoms with Gasteiger partial charge in [0, 0.05) is 27.9 Å². The summed E-state index contributed by atoms with van der Waals surface area (Å²) in [6.45, 7) is 4.19. The molecule has 2 amide bonds. The minimum atomic E-state index is -0.660. The van der Waals surface area contributed by atoms with Crippen molar-refractivity contribution < 1.29 is 14.3 Å². The average Bonchev–Trinajstić information content (AvgIpc) is 3.44. The second kappa shape index (κ2) is 13.1. The highest BCUT2D eigenvalue weighted by molar-refractivity contribution is 6.32. The van der Waals surface area contributed by atoms with Crippen LogP contribution in [0.25, 0.3) is 23.0 Å². The molecule has 0 saturated heterocycles. The first-order chi connectivity index (χ1) is 20.8. The fourth-order valence-electron chi connectivity index (χ4n) is 4.75. The van der Waals surface area contributed by atoms with Crippen LogP contribution in [-0.2, 0) is 16.1 Å². The molecule has 0 radical (unpaired) electrons. The van der Waals surface area contributed by atoms with Crippen molar-refractivity contribution in [2.24, 2.45) is 0 Å². The third-order valence-corrected chi connectivity index (χ3v) is 7.80. The number of unbranched alkanes of at least 4 members (excludes halogenated alkanes) is 1. The summed E-state index contributed by atoms with van der Waals surface area (Å²) in [6, 6.07) is 24.0. The smallest absolute Gasteiger partial charge is 0.271 e. The van der Waals surface area contributed by atoms with Crippen molar-refractivity contribution in [3.05, 3.63) is 117 Å². The van der Waals surface area contributed by atoms with E-state index < -0.39 is 11.8 Å². The van der Waals surface area contributed by atoms with Gasteiger partial charge in [0.1, 0.15) is 23.1 Å². The molecule has 0 fully saturated rings. The van der Waals surface area contributed by atoms with E-state index >= 15 is 0 Å². The summed E-state index contributed by atoms with van der Waals surface area (Å²) < 4.78 is 7.54. The zero-order valence-electron chi connectivity index (χ0n) is 23.7. The Hall–Kier alpha value is -4.64. The van der Waals surface area contributed by atoms with E-state index in [2.05, 4.69) is 6.92 Å². The summed E-state index contributed by atoms with van der Waals surface area (Å²) in [4.78, 5) is 28.2. The highest BCUT2D eigenvalue weighted by atomic mass is 35.5. The van der Waals surface area contributed by atoms with E-state index in [1.54, 1.807) is 60.3 Å². The number of hydrogen-bond acceptors (Lipinski definition) is 5. The van der Waals surface area contributed by atoms with Gasteiger partial charge in [-0.2, -0.15) is 10.4 Å². The maximum atomic E-state index is 13.9. The molecule has 1 aliphatic rings. The number of para-hydroxylation sites is 1. The third kappa shape index (κ3) is 6.26. The van der Waals surface area contributed by atoms with Crippen LogP contribution >= 0.6 is 23.2 Å². The lowest BCUT2D eigenvalue weighted by Crippen LogP contribution is -2.42. The number of aromatic nitrogens is 2. The van der Waals surface area contributed by atoms with Crippen LogP contribution in [0.15, 0.2) is 95.7 Å². The summed E-state index contributed by atoms with van der Waals surface area (Å²) >= 11 is 12.9. The molecule has 1 aromatic heterocycles. The molecule has 0 spiro atoms. The number of benzene rings is 3. The fourth-order valence-corrected chi connectivity index (χ4v) is 5.18. The largest absolute Gasteiger partial charge is 0.492 e. The van der Waals surface area contributed by atoms with Crippen LogP contribution in [-0.4, -0.2) is 33.1 Å². The number of halogens is 2. The molecule has 9 heteroatoms. The van der Waals surface area contributed by atoms with E-state index in [-0.39, 0.29) is 17.7 Å². The van der Waals surface area contributed by atoms with Crippen molar-refractivity contribution in [1.82, 2.24) is 14.7 Å². The topological polar surface area (TPSA) is 88.2 Å². The number of imide groups is 1. The number of carbonyl (C=O) groups is 2. The molecule has 0 atom stereocenters. The van der Waals surface area contributed by atoms with Crippen LogP contribution in [0.2, 0.25) is 10.0 Å². The molecule has 1 aliphatic heterocycles. The van der Waals surface area contributed by atoms with Gasteiger partial charge in [-0.05, 0) is 67.0 Å². The number of carbonyl (C=O) groups excluding carboxylic acids is 2. The van der Waals surface area contributed by atoms with E-state index in [0.717, 1.165) is 23.4 Å². The van der Waals surface area contributed by atoms with Crippen LogP contribution in [0.3, 0.4) is 0 Å². The molecule has 0 saturated carbocycles. The van der Waals surface area contributed by atoms with Crippen molar-refractivity contribution in [3.8, 4) is 28.8 Å². The highest BCUT2D eigenvalue weighted by Gasteiger charge is 2.36. The van der Waals surface area contributed by atoms with Gasteiger partial charge in [-0.25, -0.2) is 4.68 Å². The Labute approximate surface area is 260 Å². The quantitative estimate of drug-likeness (QED) is 0.109. The van der Waals surface area contributed by atoms with Gasteiger partial charge in [0.05, 0.1) is 23.9 Å². The first-order valence-electron chi connectivity index (χ1n) is 13.8. The van der Waals surface area contributed by atoms with E-state index in [0.29, 0.717) is 50.4 Å². The second-order valence-electron chi connectivity index (χ2n) is 10.0. The molecule has 5 rings (SSSR count). The number of rotatable bonds is 9. The van der Waals surface area contributed by atoms with Crippen molar-refractivity contribution in [3.63, 3.8) is 0 Å². The van der Waals surface area contributed by atoms with Crippen LogP contribution < -0.4 is 4.74 Å². The van der Waals surface area contributed by atoms with Crippen LogP contribution in [0.4, 0.5) is 0 Å². The Balaban J connectivity index is 1.62. The Morgan fingerprint density at radius 2 is 1.72 bits per heavy atom. The number of nitriles is 1. The van der Waals surface area contributed by atoms with E-state index in [1.807, 2.05) is 42.5 Å². The van der Waals surface area contributed by atoms with Crippen LogP contribution in [0, 0.1) is 11.3 Å². The molecular formula is C34H28Cl2N4O3. The molecule has 0 aliphatic carbocycles. The zero-order valence-corrected chi connectivity index (χ0v) is 25.2. The number of amides is 2. The Kier molecular flexibility index (Phi) is 9.10. The third-order valence-electron chi connectivity index (χ3n) is 7.14. The number of nitrogens with zero attached hydrogens (tertiary/aromatic N) is 4. The number of hydrogen-bond donors (Lipinski definition) is 0. The van der Waals surface area contributed by atoms with Crippen LogP contribution in [0.5, 0.6) is 5.75 Å². The standard InChI is InChI=1S/C34H28Cl2N4O3/c1-3-4-16-43-31-15-14-23(18-30(31)36)32-25(21-40(38-32)26-11-6-5-7-12-26)17-27-22(2)28(19-37)34(42)39(33(27)41)20-24-10-8-9-13-29(24)35/h5-15,17-18,21H,3-4,16,20H2,1-2H3/b27-17+. The minimum absolute atomic E-state index is 0.0711. The Morgan fingerprint density at radius 3 is 2.42 bits per heavy atom. The summed E-state index contributed by atoms with van der Waals surface area (Å²) in [5.74, 6) is -0.611. The van der Waals surface area contributed by atoms with Gasteiger partial charge in [-0.3, -0.25) is 14.5 Å². The molecule has 0 unspecified atom stereocenters. The molecular weight excluding hydrogens is 583 g/mol. The monoisotopic (exact) mass is 610 g/mol. The summed E-state index contributed by atoms with van der Waals surface area (Å²) in [5, 5.41) is 15.6. The molecule has 4 aromatic rings. The first kappa shape index (κ1) is 29.8. The summed E-state index contributed by atoms with van der Waals surface area (Å²) in [5.41, 5.74) is 3.69. The van der Waals surface area contributed by atoms with E-state index in [9.17, 15) is 14.9 Å². The predicted molar refractivity (Wildman–Crippen MR) is 168 cm³/mol. The summed E-state index contributed by atoms with van der Waals surface area (Å²) in [6.07, 6.45) is 5.39. The van der Waals surface area contributed by atoms with Crippen LogP contribution in [0.1, 0.15) is 37.8 Å². The molecule has 0 N–H and O–H groups in total. The van der Waals surface area contributed by atoms with Gasteiger partial charge in [0.25, 0.3) is 11.8 Å². The molecule has 2 heterocycles. The average molecular weight is 612 g/mol. The maximum Gasteiger partial charge on any atom is 0.271 e. The highest BCUT2D eigenvalue weighted by Crippen LogP contribution is 2.35. The van der Waals surface area contributed by atoms with Crippen molar-refractivity contribution in [2.75, 3.05) is 6.61 Å². The molecule has 43 heavy (non-hydrogen) atoms. The SMILES string of the molecule is CCCCOc1ccc(-c2nn(-c3ccccc3)cc2/C=C2/C(=O)N(Cc3ccccc3Cl)C(=O)C(C#N)=C2C)cc1Cl. The van der Waals surface area contributed by atoms with Crippen molar-refractivity contribution in [1.29, 1.82) is 5.26 Å². The zero-order chi connectivity index (χ0) is 30.5. The Bertz CT molecular complexity index is 1800. The molecule has 216 valence electrons. The van der Waals surface area contributed by atoms with Gasteiger partial charge >= 0.3 is 0 Å². The first-order valence-corrected chi connectivity index (χ1v) is 14.6. The van der Waals surface area contributed by atoms with Crippen molar-refractivity contribution >= 4 is 41.1 Å². The lowest BCUT2D eigenvalue weighted by atomic mass is 9.93. The maximum absolute atomic E-state index is 13.9. The normalized spacial score (nSPS) is 14.4. The second-order valence-corrected chi connectivity index (χ2v) is 10.8. The van der Waals surface area contributed by atoms with Gasteiger partial charge in [0.15, 0.2) is 0 Å². The lowest BCUT2D eigenvalue weighted by molar-refractivity contribution is -0.141.